The van der Waals surface area contributed by atoms with Gasteiger partial charge in [-0.3, -0.25) is 9.59 Å². The predicted molar refractivity (Wildman–Crippen MR) is 107 cm³/mol. The number of carbonyl (C=O) groups is 2. The lowest BCUT2D eigenvalue weighted by molar-refractivity contribution is -0.141. The first-order chi connectivity index (χ1) is 12.5. The maximum atomic E-state index is 12.5. The van der Waals surface area contributed by atoms with E-state index in [4.69, 9.17) is 10.5 Å². The van der Waals surface area contributed by atoms with Crippen LogP contribution in [0.2, 0.25) is 0 Å². The summed E-state index contributed by atoms with van der Waals surface area (Å²) in [6, 6.07) is 7.82. The minimum Gasteiger partial charge on any atom is -0.484 e. The second-order valence-corrected chi connectivity index (χ2v) is 7.42. The van der Waals surface area contributed by atoms with Gasteiger partial charge in [-0.2, -0.15) is 0 Å². The SMILES string of the molecule is Cc1ccc(OCC(=O)N2CCN(C(=O)C[C@@H]3CCC[C@H]3N)CC2)cc1.Cl. The molecular weight excluding hydrogens is 366 g/mol. The second kappa shape index (κ2) is 9.95. The maximum Gasteiger partial charge on any atom is 0.260 e. The van der Waals surface area contributed by atoms with Gasteiger partial charge in [-0.25, -0.2) is 0 Å². The van der Waals surface area contributed by atoms with E-state index in [1.54, 1.807) is 4.90 Å². The highest BCUT2D eigenvalue weighted by atomic mass is 35.5. The van der Waals surface area contributed by atoms with Crippen molar-refractivity contribution in [3.63, 3.8) is 0 Å². The summed E-state index contributed by atoms with van der Waals surface area (Å²) in [6.45, 7) is 4.37. The second-order valence-electron chi connectivity index (χ2n) is 7.42. The van der Waals surface area contributed by atoms with Crippen molar-refractivity contribution >= 4 is 24.2 Å². The van der Waals surface area contributed by atoms with Crippen LogP contribution in [0.3, 0.4) is 0 Å². The third kappa shape index (κ3) is 5.84. The molecule has 7 heteroatoms. The highest BCUT2D eigenvalue weighted by molar-refractivity contribution is 5.85. The number of hydrogen-bond donors (Lipinski definition) is 1. The zero-order valence-corrected chi connectivity index (χ0v) is 16.7. The summed E-state index contributed by atoms with van der Waals surface area (Å²) >= 11 is 0. The van der Waals surface area contributed by atoms with Crippen LogP contribution in [0, 0.1) is 12.8 Å². The van der Waals surface area contributed by atoms with Gasteiger partial charge in [-0.05, 0) is 37.8 Å². The van der Waals surface area contributed by atoms with Gasteiger partial charge in [0, 0.05) is 38.6 Å². The number of rotatable bonds is 5. The van der Waals surface area contributed by atoms with E-state index in [9.17, 15) is 9.59 Å². The largest absolute Gasteiger partial charge is 0.484 e. The average molecular weight is 396 g/mol. The molecule has 0 unspecified atom stereocenters. The summed E-state index contributed by atoms with van der Waals surface area (Å²) in [4.78, 5) is 28.4. The number of aryl methyl sites for hydroxylation is 1. The van der Waals surface area contributed by atoms with Gasteiger partial charge in [0.05, 0.1) is 0 Å². The predicted octanol–water partition coefficient (Wildman–Crippen LogP) is 1.98. The molecule has 27 heavy (non-hydrogen) atoms. The van der Waals surface area contributed by atoms with E-state index in [0.29, 0.717) is 44.3 Å². The number of hydrogen-bond acceptors (Lipinski definition) is 4. The van der Waals surface area contributed by atoms with E-state index in [1.165, 1.54) is 0 Å². The van der Waals surface area contributed by atoms with Crippen LogP contribution in [0.25, 0.3) is 0 Å². The Balaban J connectivity index is 0.00000261. The Hall–Kier alpha value is -1.79. The number of benzene rings is 1. The smallest absolute Gasteiger partial charge is 0.260 e. The number of nitrogens with zero attached hydrogens (tertiary/aromatic N) is 2. The normalized spacial score (nSPS) is 22.3. The lowest BCUT2D eigenvalue weighted by atomic mass is 9.99. The number of halogens is 1. The Morgan fingerprint density at radius 3 is 2.19 bits per heavy atom. The van der Waals surface area contributed by atoms with Crippen molar-refractivity contribution in [2.75, 3.05) is 32.8 Å². The highest BCUT2D eigenvalue weighted by Crippen LogP contribution is 2.27. The molecule has 1 aliphatic carbocycles. The third-order valence-electron chi connectivity index (χ3n) is 5.52. The topological polar surface area (TPSA) is 75.9 Å². The molecule has 3 rings (SSSR count). The van der Waals surface area contributed by atoms with E-state index < -0.39 is 0 Å². The van der Waals surface area contributed by atoms with Crippen LogP contribution in [-0.2, 0) is 9.59 Å². The number of carbonyl (C=O) groups excluding carboxylic acids is 2. The van der Waals surface area contributed by atoms with Crippen LogP contribution in [-0.4, -0.2) is 60.4 Å². The van der Waals surface area contributed by atoms with Crippen molar-refractivity contribution in [3.05, 3.63) is 29.8 Å². The van der Waals surface area contributed by atoms with Crippen LogP contribution in [0.4, 0.5) is 0 Å². The van der Waals surface area contributed by atoms with Crippen molar-refractivity contribution in [2.45, 2.75) is 38.6 Å². The van der Waals surface area contributed by atoms with E-state index in [1.807, 2.05) is 36.1 Å². The van der Waals surface area contributed by atoms with Crippen LogP contribution in [0.1, 0.15) is 31.2 Å². The fraction of sp³-hybridized carbons (Fsp3) is 0.600. The van der Waals surface area contributed by atoms with Gasteiger partial charge in [0.15, 0.2) is 6.61 Å². The van der Waals surface area contributed by atoms with E-state index in [0.717, 1.165) is 24.8 Å². The van der Waals surface area contributed by atoms with Gasteiger partial charge < -0.3 is 20.3 Å². The molecule has 6 nitrogen and oxygen atoms in total. The van der Waals surface area contributed by atoms with Gasteiger partial charge in [-0.1, -0.05) is 24.1 Å². The molecule has 1 aliphatic heterocycles. The third-order valence-corrected chi connectivity index (χ3v) is 5.52. The minimum absolute atomic E-state index is 0. The Labute approximate surface area is 167 Å². The molecule has 1 heterocycles. The lowest BCUT2D eigenvalue weighted by Crippen LogP contribution is -2.52. The van der Waals surface area contributed by atoms with E-state index in [2.05, 4.69) is 0 Å². The van der Waals surface area contributed by atoms with Crippen molar-refractivity contribution in [3.8, 4) is 5.75 Å². The summed E-state index contributed by atoms with van der Waals surface area (Å²) in [6.07, 6.45) is 3.76. The molecule has 2 N–H and O–H groups in total. The molecule has 2 atom stereocenters. The fourth-order valence-corrected chi connectivity index (χ4v) is 3.75. The van der Waals surface area contributed by atoms with E-state index >= 15 is 0 Å². The molecule has 1 aromatic carbocycles. The first kappa shape index (κ1) is 21.5. The summed E-state index contributed by atoms with van der Waals surface area (Å²) in [5.41, 5.74) is 7.23. The van der Waals surface area contributed by atoms with Crippen molar-refractivity contribution < 1.29 is 14.3 Å². The van der Waals surface area contributed by atoms with Gasteiger partial charge in [-0.15, -0.1) is 12.4 Å². The monoisotopic (exact) mass is 395 g/mol. The van der Waals surface area contributed by atoms with Crippen LogP contribution < -0.4 is 10.5 Å². The van der Waals surface area contributed by atoms with Crippen LogP contribution in [0.5, 0.6) is 5.75 Å². The number of piperazine rings is 1. The van der Waals surface area contributed by atoms with Crippen molar-refractivity contribution in [1.29, 1.82) is 0 Å². The molecule has 1 aromatic rings. The number of amides is 2. The van der Waals surface area contributed by atoms with Crippen molar-refractivity contribution in [2.24, 2.45) is 11.7 Å². The molecule has 1 saturated carbocycles. The lowest BCUT2D eigenvalue weighted by Gasteiger charge is -2.35. The summed E-state index contributed by atoms with van der Waals surface area (Å²) in [5.74, 6) is 1.17. The van der Waals surface area contributed by atoms with Gasteiger partial charge >= 0.3 is 0 Å². The fourth-order valence-electron chi connectivity index (χ4n) is 3.75. The van der Waals surface area contributed by atoms with Gasteiger partial charge in [0.25, 0.3) is 5.91 Å². The molecular formula is C20H30ClN3O3. The number of nitrogens with two attached hydrogens (primary N) is 1. The summed E-state index contributed by atoms with van der Waals surface area (Å²) in [7, 11) is 0. The Kier molecular flexibility index (Phi) is 7.92. The van der Waals surface area contributed by atoms with E-state index in [-0.39, 0.29) is 36.9 Å². The van der Waals surface area contributed by atoms with Crippen LogP contribution in [0.15, 0.2) is 24.3 Å². The average Bonchev–Trinajstić information content (AvgIpc) is 3.05. The molecule has 0 aromatic heterocycles. The molecule has 150 valence electrons. The highest BCUT2D eigenvalue weighted by Gasteiger charge is 2.30. The maximum absolute atomic E-state index is 12.5. The first-order valence-corrected chi connectivity index (χ1v) is 9.53. The standard InChI is InChI=1S/C20H29N3O3.ClH/c1-15-5-7-17(8-6-15)26-14-20(25)23-11-9-22(10-12-23)19(24)13-16-3-2-4-18(16)21;/h5-8,16,18H,2-4,9-14,21H2,1H3;1H/t16-,18+;/m0./s1. The summed E-state index contributed by atoms with van der Waals surface area (Å²) < 4.78 is 5.57. The van der Waals surface area contributed by atoms with Gasteiger partial charge in [0.2, 0.25) is 5.91 Å². The zero-order valence-electron chi connectivity index (χ0n) is 15.9. The quantitative estimate of drug-likeness (QED) is 0.827. The Morgan fingerprint density at radius 2 is 1.63 bits per heavy atom. The summed E-state index contributed by atoms with van der Waals surface area (Å²) in [5, 5.41) is 0. The minimum atomic E-state index is -0.0320. The van der Waals surface area contributed by atoms with Gasteiger partial charge in [0.1, 0.15) is 5.75 Å². The molecule has 2 amide bonds. The molecule has 0 spiro atoms. The first-order valence-electron chi connectivity index (χ1n) is 9.53. The molecule has 0 radical (unpaired) electrons. The Bertz CT molecular complexity index is 630. The molecule has 1 saturated heterocycles. The zero-order chi connectivity index (χ0) is 18.5. The Morgan fingerprint density at radius 1 is 1.04 bits per heavy atom. The molecule has 2 fully saturated rings. The molecule has 2 aliphatic rings. The van der Waals surface area contributed by atoms with Crippen LogP contribution >= 0.6 is 12.4 Å². The number of ether oxygens (including phenoxy) is 1. The molecule has 0 bridgehead atoms. The van der Waals surface area contributed by atoms with Crippen molar-refractivity contribution in [1.82, 2.24) is 9.80 Å².